The summed E-state index contributed by atoms with van der Waals surface area (Å²) in [6, 6.07) is 4.10. The zero-order valence-corrected chi connectivity index (χ0v) is 14.9. The Bertz CT molecular complexity index is 772. The SMILES string of the molecule is CC1CC1C(=O)N1CCN(S(=O)(=O)c2ccc(OC(F)(F)F)cc2)CC1. The number of hydrogen-bond donors (Lipinski definition) is 0. The number of benzene rings is 1. The predicted molar refractivity (Wildman–Crippen MR) is 85.7 cm³/mol. The smallest absolute Gasteiger partial charge is 0.406 e. The quantitative estimate of drug-likeness (QED) is 0.787. The van der Waals surface area contributed by atoms with Gasteiger partial charge >= 0.3 is 6.36 Å². The fourth-order valence-electron chi connectivity index (χ4n) is 3.01. The van der Waals surface area contributed by atoms with E-state index in [0.29, 0.717) is 19.0 Å². The van der Waals surface area contributed by atoms with Crippen molar-refractivity contribution in [1.29, 1.82) is 0 Å². The fourth-order valence-corrected chi connectivity index (χ4v) is 4.43. The minimum absolute atomic E-state index is 0.0549. The van der Waals surface area contributed by atoms with Crippen molar-refractivity contribution < 1.29 is 31.1 Å². The lowest BCUT2D eigenvalue weighted by Gasteiger charge is -2.34. The topological polar surface area (TPSA) is 66.9 Å². The van der Waals surface area contributed by atoms with Gasteiger partial charge in [-0.05, 0) is 36.6 Å². The summed E-state index contributed by atoms with van der Waals surface area (Å²) in [4.78, 5) is 13.8. The Morgan fingerprint density at radius 1 is 1.12 bits per heavy atom. The first-order valence-corrected chi connectivity index (χ1v) is 9.67. The van der Waals surface area contributed by atoms with Gasteiger partial charge in [0.2, 0.25) is 15.9 Å². The average Bonchev–Trinajstić information content (AvgIpc) is 3.30. The number of carbonyl (C=O) groups is 1. The second-order valence-electron chi connectivity index (χ2n) is 6.57. The van der Waals surface area contributed by atoms with Gasteiger partial charge in [0.25, 0.3) is 0 Å². The lowest BCUT2D eigenvalue weighted by Crippen LogP contribution is -2.51. The molecule has 2 aliphatic rings. The number of hydrogen-bond acceptors (Lipinski definition) is 4. The molecule has 0 spiro atoms. The van der Waals surface area contributed by atoms with E-state index in [2.05, 4.69) is 4.74 Å². The van der Waals surface area contributed by atoms with Crippen molar-refractivity contribution in [3.63, 3.8) is 0 Å². The van der Waals surface area contributed by atoms with E-state index in [1.807, 2.05) is 6.92 Å². The first kappa shape index (κ1) is 19.0. The summed E-state index contributed by atoms with van der Waals surface area (Å²) in [7, 11) is -3.83. The maximum Gasteiger partial charge on any atom is 0.573 e. The third-order valence-corrected chi connectivity index (χ3v) is 6.58. The average molecular weight is 392 g/mol. The number of nitrogens with zero attached hydrogens (tertiary/aromatic N) is 2. The molecule has 0 N–H and O–H groups in total. The number of sulfonamides is 1. The van der Waals surface area contributed by atoms with Gasteiger partial charge in [-0.25, -0.2) is 8.42 Å². The summed E-state index contributed by atoms with van der Waals surface area (Å²) in [5, 5.41) is 0. The number of carbonyl (C=O) groups excluding carboxylic acids is 1. The zero-order chi connectivity index (χ0) is 19.1. The van der Waals surface area contributed by atoms with Gasteiger partial charge in [0, 0.05) is 32.1 Å². The molecule has 2 unspecified atom stereocenters. The van der Waals surface area contributed by atoms with Gasteiger partial charge in [-0.15, -0.1) is 13.2 Å². The van der Waals surface area contributed by atoms with E-state index in [1.54, 1.807) is 4.90 Å². The fraction of sp³-hybridized carbons (Fsp3) is 0.562. The lowest BCUT2D eigenvalue weighted by atomic mass is 10.2. The molecule has 1 aliphatic heterocycles. The van der Waals surface area contributed by atoms with Gasteiger partial charge in [-0.2, -0.15) is 4.31 Å². The Morgan fingerprint density at radius 3 is 2.12 bits per heavy atom. The Kier molecular flexibility index (Phi) is 4.91. The summed E-state index contributed by atoms with van der Waals surface area (Å²) >= 11 is 0. The zero-order valence-electron chi connectivity index (χ0n) is 14.1. The molecule has 6 nitrogen and oxygen atoms in total. The maximum atomic E-state index is 12.6. The van der Waals surface area contributed by atoms with Gasteiger partial charge in [0.15, 0.2) is 0 Å². The van der Waals surface area contributed by atoms with Crippen LogP contribution in [0.5, 0.6) is 5.75 Å². The minimum Gasteiger partial charge on any atom is -0.406 e. The monoisotopic (exact) mass is 392 g/mol. The number of amides is 1. The van der Waals surface area contributed by atoms with Crippen LogP contribution < -0.4 is 4.74 Å². The first-order valence-electron chi connectivity index (χ1n) is 8.23. The second kappa shape index (κ2) is 6.73. The molecule has 2 fully saturated rings. The van der Waals surface area contributed by atoms with E-state index in [4.69, 9.17) is 0 Å². The molecule has 1 saturated heterocycles. The Hall–Kier alpha value is -1.81. The van der Waals surface area contributed by atoms with Gasteiger partial charge in [-0.3, -0.25) is 4.79 Å². The molecule has 10 heteroatoms. The standard InChI is InChI=1S/C16H19F3N2O4S/c1-11-10-14(11)15(22)20-6-8-21(9-7-20)26(23,24)13-4-2-12(3-5-13)25-16(17,18)19/h2-5,11,14H,6-10H2,1H3. The number of rotatable bonds is 4. The van der Waals surface area contributed by atoms with Gasteiger partial charge < -0.3 is 9.64 Å². The molecule has 1 aromatic carbocycles. The van der Waals surface area contributed by atoms with E-state index >= 15 is 0 Å². The van der Waals surface area contributed by atoms with Crippen molar-refractivity contribution in [2.45, 2.75) is 24.6 Å². The number of ether oxygens (including phenoxy) is 1. The van der Waals surface area contributed by atoms with Crippen LogP contribution in [-0.4, -0.2) is 56.1 Å². The van der Waals surface area contributed by atoms with E-state index < -0.39 is 22.1 Å². The van der Waals surface area contributed by atoms with Crippen molar-refractivity contribution in [2.75, 3.05) is 26.2 Å². The minimum atomic E-state index is -4.83. The van der Waals surface area contributed by atoms with Gasteiger partial charge in [0.1, 0.15) is 5.75 Å². The summed E-state index contributed by atoms with van der Waals surface area (Å²) in [5.41, 5.74) is 0. The second-order valence-corrected chi connectivity index (χ2v) is 8.51. The van der Waals surface area contributed by atoms with Crippen LogP contribution in [0.15, 0.2) is 29.2 Å². The van der Waals surface area contributed by atoms with E-state index in [1.165, 1.54) is 4.31 Å². The van der Waals surface area contributed by atoms with Crippen molar-refractivity contribution in [3.8, 4) is 5.75 Å². The lowest BCUT2D eigenvalue weighted by molar-refractivity contribution is -0.274. The molecule has 144 valence electrons. The molecule has 2 atom stereocenters. The molecule has 0 radical (unpaired) electrons. The first-order chi connectivity index (χ1) is 12.1. The van der Waals surface area contributed by atoms with Crippen LogP contribution in [-0.2, 0) is 14.8 Å². The van der Waals surface area contributed by atoms with Crippen molar-refractivity contribution in [2.24, 2.45) is 11.8 Å². The molecule has 0 bridgehead atoms. The van der Waals surface area contributed by atoms with Gasteiger partial charge in [0.05, 0.1) is 4.90 Å². The highest BCUT2D eigenvalue weighted by molar-refractivity contribution is 7.89. The van der Waals surface area contributed by atoms with Crippen LogP contribution in [0.1, 0.15) is 13.3 Å². The van der Waals surface area contributed by atoms with E-state index in [9.17, 15) is 26.4 Å². The highest BCUT2D eigenvalue weighted by Crippen LogP contribution is 2.39. The maximum absolute atomic E-state index is 12.6. The van der Waals surface area contributed by atoms with Crippen LogP contribution >= 0.6 is 0 Å². The molecule has 26 heavy (non-hydrogen) atoms. The molecule has 1 saturated carbocycles. The molecule has 1 heterocycles. The molecule has 0 aromatic heterocycles. The number of alkyl halides is 3. The molecule has 1 amide bonds. The van der Waals surface area contributed by atoms with Crippen LogP contribution in [0.2, 0.25) is 0 Å². The highest BCUT2D eigenvalue weighted by Gasteiger charge is 2.42. The molecular formula is C16H19F3N2O4S. The molecule has 1 aromatic rings. The highest BCUT2D eigenvalue weighted by atomic mass is 32.2. The molecule has 1 aliphatic carbocycles. The number of halogens is 3. The summed E-state index contributed by atoms with van der Waals surface area (Å²) < 4.78 is 66.7. The Labute approximate surface area is 149 Å². The third kappa shape index (κ3) is 4.12. The Balaban J connectivity index is 1.63. The predicted octanol–water partition coefficient (Wildman–Crippen LogP) is 2.07. The normalized spacial score (nSPS) is 24.4. The van der Waals surface area contributed by atoms with Crippen LogP contribution in [0.25, 0.3) is 0 Å². The molecule has 3 rings (SSSR count). The van der Waals surface area contributed by atoms with Crippen LogP contribution in [0.4, 0.5) is 13.2 Å². The van der Waals surface area contributed by atoms with E-state index in [0.717, 1.165) is 30.7 Å². The largest absolute Gasteiger partial charge is 0.573 e. The van der Waals surface area contributed by atoms with Crippen molar-refractivity contribution in [1.82, 2.24) is 9.21 Å². The summed E-state index contributed by atoms with van der Waals surface area (Å²) in [6.07, 6.45) is -3.95. The van der Waals surface area contributed by atoms with Crippen LogP contribution in [0, 0.1) is 11.8 Å². The Morgan fingerprint density at radius 2 is 1.65 bits per heavy atom. The van der Waals surface area contributed by atoms with Gasteiger partial charge in [-0.1, -0.05) is 6.92 Å². The van der Waals surface area contributed by atoms with Crippen molar-refractivity contribution >= 4 is 15.9 Å². The number of piperazine rings is 1. The third-order valence-electron chi connectivity index (χ3n) is 4.67. The van der Waals surface area contributed by atoms with E-state index in [-0.39, 0.29) is 29.8 Å². The molecular weight excluding hydrogens is 373 g/mol. The summed E-state index contributed by atoms with van der Waals surface area (Å²) in [6.45, 7) is 2.97. The van der Waals surface area contributed by atoms with Crippen molar-refractivity contribution in [3.05, 3.63) is 24.3 Å². The summed E-state index contributed by atoms with van der Waals surface area (Å²) in [5.74, 6) is 0.0367. The van der Waals surface area contributed by atoms with Crippen LogP contribution in [0.3, 0.4) is 0 Å².